The van der Waals surface area contributed by atoms with Crippen LogP contribution in [0.1, 0.15) is 37.7 Å². The molecule has 2 aromatic carbocycles. The molecule has 37 heavy (non-hydrogen) atoms. The van der Waals surface area contributed by atoms with E-state index >= 15 is 0 Å². The number of hydrogen-bond donors (Lipinski definition) is 0. The highest BCUT2D eigenvalue weighted by atomic mass is 35.5. The van der Waals surface area contributed by atoms with Crippen LogP contribution in [0.2, 0.25) is 10.0 Å². The van der Waals surface area contributed by atoms with E-state index in [4.69, 9.17) is 42.5 Å². The summed E-state index contributed by atoms with van der Waals surface area (Å²) >= 11 is 15.0. The number of allylic oxidation sites excluding steroid dienone is 2. The minimum Gasteiger partial charge on any atom is -0.371 e. The Bertz CT molecular complexity index is 1380. The molecule has 8 heteroatoms. The predicted molar refractivity (Wildman–Crippen MR) is 147 cm³/mol. The second kappa shape index (κ2) is 10.4. The minimum absolute atomic E-state index is 0.238. The molecule has 3 aliphatic carbocycles. The maximum atomic E-state index is 8.12. The molecule has 7 rings (SSSR count). The Morgan fingerprint density at radius 1 is 1.05 bits per heavy atom. The molecule has 0 radical (unpaired) electrons. The Hall–Kier alpha value is -2.47. The van der Waals surface area contributed by atoms with Gasteiger partial charge in [-0.2, -0.15) is 9.59 Å². The van der Waals surface area contributed by atoms with Crippen molar-refractivity contribution in [2.75, 3.05) is 18.1 Å². The lowest BCUT2D eigenvalue weighted by molar-refractivity contribution is -0.191. The van der Waals surface area contributed by atoms with E-state index in [2.05, 4.69) is 35.2 Å². The molecular weight excluding hydrogens is 527 g/mol. The van der Waals surface area contributed by atoms with Gasteiger partial charge in [0.15, 0.2) is 5.13 Å². The summed E-state index contributed by atoms with van der Waals surface area (Å²) in [6, 6.07) is 14.6. The number of nitrogens with zero attached hydrogens (tertiary/aromatic N) is 2. The Labute approximate surface area is 229 Å². The van der Waals surface area contributed by atoms with Gasteiger partial charge in [0.25, 0.3) is 0 Å². The van der Waals surface area contributed by atoms with Gasteiger partial charge in [0.05, 0.1) is 29.0 Å². The van der Waals surface area contributed by atoms with Crippen LogP contribution >= 0.6 is 34.5 Å². The number of rotatable bonds is 6. The van der Waals surface area contributed by atoms with E-state index in [1.807, 2.05) is 18.2 Å². The van der Waals surface area contributed by atoms with Crippen LogP contribution in [0, 0.1) is 11.8 Å². The first-order valence-electron chi connectivity index (χ1n) is 12.7. The van der Waals surface area contributed by atoms with Crippen LogP contribution in [0.5, 0.6) is 0 Å². The van der Waals surface area contributed by atoms with Crippen LogP contribution in [-0.4, -0.2) is 36.4 Å². The third-order valence-corrected chi connectivity index (χ3v) is 9.64. The maximum absolute atomic E-state index is 8.12. The van der Waals surface area contributed by atoms with E-state index in [1.54, 1.807) is 11.3 Å². The fourth-order valence-electron chi connectivity index (χ4n) is 6.19. The second-order valence-corrected chi connectivity index (χ2v) is 12.0. The number of aromatic nitrogens is 1. The molecule has 3 fully saturated rings. The topological polar surface area (TPSA) is 59.5 Å². The molecule has 2 bridgehead atoms. The number of ether oxygens (including phenoxy) is 1. The third kappa shape index (κ3) is 4.78. The largest absolute Gasteiger partial charge is 0.373 e. The number of para-hydroxylation sites is 1. The van der Waals surface area contributed by atoms with E-state index in [1.165, 1.54) is 40.7 Å². The molecular formula is C29H26Cl2N2O3S. The number of thiazole rings is 1. The molecule has 0 N–H and O–H groups in total. The summed E-state index contributed by atoms with van der Waals surface area (Å²) in [7, 11) is 0. The number of carbonyl (C=O) groups excluding carboxylic acids is 2. The molecule has 3 unspecified atom stereocenters. The molecule has 0 spiro atoms. The second-order valence-electron chi connectivity index (χ2n) is 10.2. The van der Waals surface area contributed by atoms with Gasteiger partial charge in [-0.15, -0.1) is 0 Å². The average molecular weight is 554 g/mol. The molecule has 2 heterocycles. The maximum Gasteiger partial charge on any atom is 0.373 e. The van der Waals surface area contributed by atoms with Gasteiger partial charge in [-0.1, -0.05) is 64.4 Å². The third-order valence-electron chi connectivity index (χ3n) is 7.94. The highest BCUT2D eigenvalue weighted by Gasteiger charge is 2.47. The Kier molecular flexibility index (Phi) is 6.95. The number of fused-ring (bicyclic) bond motifs is 3. The van der Waals surface area contributed by atoms with Crippen molar-refractivity contribution in [2.45, 2.75) is 44.2 Å². The van der Waals surface area contributed by atoms with Gasteiger partial charge in [-0.25, -0.2) is 4.98 Å². The van der Waals surface area contributed by atoms with Crippen LogP contribution < -0.4 is 4.90 Å². The van der Waals surface area contributed by atoms with Crippen LogP contribution in [-0.2, 0) is 14.3 Å². The van der Waals surface area contributed by atoms with Gasteiger partial charge >= 0.3 is 6.15 Å². The Morgan fingerprint density at radius 3 is 2.51 bits per heavy atom. The van der Waals surface area contributed by atoms with Crippen molar-refractivity contribution >= 4 is 61.6 Å². The van der Waals surface area contributed by atoms with E-state index in [9.17, 15) is 0 Å². The lowest BCUT2D eigenvalue weighted by Crippen LogP contribution is -2.42. The molecule has 2 saturated carbocycles. The zero-order valence-corrected chi connectivity index (χ0v) is 22.5. The standard InChI is InChI=1S/C28H26Cl2N2OS.CO2/c29-21-4-3-5-22(30)27(21)19-11-10-18(17-8-9-17)20(19)15-33-25-13-16-12-24(25)32(14-16)28-31-23-6-1-2-7-26(23)34-28;2-1-3/h1-7,11,16-17,24-25H,8-10,12-15H2;. The van der Waals surface area contributed by atoms with Crippen LogP contribution in [0.4, 0.5) is 5.13 Å². The summed E-state index contributed by atoms with van der Waals surface area (Å²) in [5.41, 5.74) is 6.11. The first-order chi connectivity index (χ1) is 18.1. The van der Waals surface area contributed by atoms with E-state index in [-0.39, 0.29) is 12.3 Å². The van der Waals surface area contributed by atoms with Gasteiger partial charge in [0.1, 0.15) is 0 Å². The van der Waals surface area contributed by atoms with Crippen LogP contribution in [0.25, 0.3) is 15.8 Å². The molecule has 1 aromatic heterocycles. The first kappa shape index (κ1) is 24.8. The van der Waals surface area contributed by atoms with Crippen LogP contribution in [0.15, 0.2) is 59.7 Å². The Balaban J connectivity index is 0.000000804. The summed E-state index contributed by atoms with van der Waals surface area (Å²) in [6.45, 7) is 1.74. The molecule has 0 amide bonds. The molecule has 3 aromatic rings. The average Bonchev–Trinajstić information content (AvgIpc) is 3.23. The number of anilines is 1. The molecule has 190 valence electrons. The molecule has 3 atom stereocenters. The summed E-state index contributed by atoms with van der Waals surface area (Å²) in [5, 5.41) is 2.58. The first-order valence-corrected chi connectivity index (χ1v) is 14.2. The molecule has 4 aliphatic rings. The van der Waals surface area contributed by atoms with Crippen molar-refractivity contribution in [3.05, 3.63) is 75.3 Å². The molecule has 1 aliphatic heterocycles. The van der Waals surface area contributed by atoms with Gasteiger partial charge in [-0.3, -0.25) is 0 Å². The summed E-state index contributed by atoms with van der Waals surface area (Å²) < 4.78 is 8.00. The fraction of sp³-hybridized carbons (Fsp3) is 0.379. The number of piperidine rings is 1. The lowest BCUT2D eigenvalue weighted by Gasteiger charge is -2.33. The predicted octanol–water partition coefficient (Wildman–Crippen LogP) is 7.20. The summed E-state index contributed by atoms with van der Waals surface area (Å²) in [4.78, 5) is 23.7. The van der Waals surface area contributed by atoms with Gasteiger partial charge in [-0.05, 0) is 79.4 Å². The van der Waals surface area contributed by atoms with Gasteiger partial charge in [0, 0.05) is 22.2 Å². The smallest absolute Gasteiger partial charge is 0.371 e. The van der Waals surface area contributed by atoms with E-state index in [0.29, 0.717) is 24.5 Å². The molecule has 5 nitrogen and oxygen atoms in total. The van der Waals surface area contributed by atoms with Crippen molar-refractivity contribution in [1.82, 2.24) is 4.98 Å². The van der Waals surface area contributed by atoms with E-state index in [0.717, 1.165) is 45.6 Å². The van der Waals surface area contributed by atoms with Crippen molar-refractivity contribution in [3.63, 3.8) is 0 Å². The number of benzene rings is 2. The van der Waals surface area contributed by atoms with Gasteiger partial charge < -0.3 is 9.64 Å². The highest BCUT2D eigenvalue weighted by Crippen LogP contribution is 2.49. The van der Waals surface area contributed by atoms with Crippen molar-refractivity contribution in [3.8, 4) is 0 Å². The molecule has 1 saturated heterocycles. The zero-order valence-electron chi connectivity index (χ0n) is 20.2. The van der Waals surface area contributed by atoms with Gasteiger partial charge in [0.2, 0.25) is 0 Å². The minimum atomic E-state index is 0.238. The normalized spacial score (nSPS) is 24.3. The fourth-order valence-corrected chi connectivity index (χ4v) is 7.83. The Morgan fingerprint density at radius 2 is 1.81 bits per heavy atom. The summed E-state index contributed by atoms with van der Waals surface area (Å²) in [6.07, 6.45) is 8.72. The summed E-state index contributed by atoms with van der Waals surface area (Å²) in [5.74, 6) is 1.39. The number of halogens is 2. The van der Waals surface area contributed by atoms with Crippen molar-refractivity contribution < 1.29 is 14.3 Å². The zero-order chi connectivity index (χ0) is 25.5. The monoisotopic (exact) mass is 552 g/mol. The number of hydrogen-bond acceptors (Lipinski definition) is 6. The SMILES string of the molecule is Clc1cccc(Cl)c1C1=CCC(C2CC2)=C1COC1CC2CC1N(c1nc3ccccc3s1)C2.O=C=O. The quantitative estimate of drug-likeness (QED) is 0.323. The van der Waals surface area contributed by atoms with Crippen LogP contribution in [0.3, 0.4) is 0 Å². The highest BCUT2D eigenvalue weighted by molar-refractivity contribution is 7.22. The van der Waals surface area contributed by atoms with Crippen molar-refractivity contribution in [2.24, 2.45) is 11.8 Å². The lowest BCUT2D eigenvalue weighted by atomic mass is 9.97. The van der Waals surface area contributed by atoms with Crippen molar-refractivity contribution in [1.29, 1.82) is 0 Å². The van der Waals surface area contributed by atoms with E-state index < -0.39 is 0 Å².